The molecule has 0 radical (unpaired) electrons. The van der Waals surface area contributed by atoms with Crippen LogP contribution in [0.25, 0.3) is 10.8 Å². The molecule has 0 bridgehead atoms. The van der Waals surface area contributed by atoms with Gasteiger partial charge in [-0.3, -0.25) is 0 Å². The van der Waals surface area contributed by atoms with Gasteiger partial charge in [0.2, 0.25) is 0 Å². The Morgan fingerprint density at radius 3 is 2.32 bits per heavy atom. The maximum atomic E-state index is 14.9. The average Bonchev–Trinajstić information content (AvgIpc) is 2.78. The summed E-state index contributed by atoms with van der Waals surface area (Å²) in [5.41, 5.74) is 0.824. The van der Waals surface area contributed by atoms with Crippen LogP contribution in [0, 0.1) is 29.4 Å². The third-order valence-electron chi connectivity index (χ3n) is 8.11. The zero-order valence-corrected chi connectivity index (χ0v) is 19.9. The molecule has 34 heavy (non-hydrogen) atoms. The molecule has 2 aromatic rings. The summed E-state index contributed by atoms with van der Waals surface area (Å²) in [6.45, 7) is 2.24. The Morgan fingerprint density at radius 1 is 0.824 bits per heavy atom. The molecule has 0 aromatic heterocycles. The molecule has 0 saturated heterocycles. The molecule has 2 unspecified atom stereocenters. The smallest absolute Gasteiger partial charge is 0.403 e. The summed E-state index contributed by atoms with van der Waals surface area (Å²) in [7, 11) is 0. The van der Waals surface area contributed by atoms with Crippen molar-refractivity contribution in [2.45, 2.75) is 96.3 Å². The van der Waals surface area contributed by atoms with Crippen LogP contribution in [0.5, 0.6) is 5.75 Å². The van der Waals surface area contributed by atoms with Crippen LogP contribution >= 0.6 is 0 Å². The van der Waals surface area contributed by atoms with Gasteiger partial charge < -0.3 is 4.74 Å². The topological polar surface area (TPSA) is 9.23 Å². The van der Waals surface area contributed by atoms with Crippen LogP contribution in [0.15, 0.2) is 24.3 Å². The molecular weight excluding hydrogens is 447 g/mol. The van der Waals surface area contributed by atoms with Gasteiger partial charge in [0.05, 0.1) is 0 Å². The average molecular weight is 483 g/mol. The van der Waals surface area contributed by atoms with Crippen molar-refractivity contribution in [2.24, 2.45) is 17.8 Å². The minimum Gasteiger partial charge on any atom is -0.403 e. The van der Waals surface area contributed by atoms with Crippen LogP contribution < -0.4 is 4.74 Å². The molecule has 2 saturated carbocycles. The lowest BCUT2D eigenvalue weighted by atomic mass is 9.63. The van der Waals surface area contributed by atoms with Gasteiger partial charge >= 0.3 is 6.36 Å². The van der Waals surface area contributed by atoms with Crippen LogP contribution in [0.1, 0.15) is 95.5 Å². The van der Waals surface area contributed by atoms with E-state index in [1.807, 2.05) is 0 Å². The number of hydrogen-bond acceptors (Lipinski definition) is 1. The predicted molar refractivity (Wildman–Crippen MR) is 125 cm³/mol. The lowest BCUT2D eigenvalue weighted by molar-refractivity contribution is -0.275. The van der Waals surface area contributed by atoms with Gasteiger partial charge in [0.15, 0.2) is 11.6 Å². The monoisotopic (exact) mass is 482 g/mol. The maximum absolute atomic E-state index is 14.9. The van der Waals surface area contributed by atoms with E-state index in [9.17, 15) is 22.0 Å². The molecule has 2 aliphatic carbocycles. The number of halogens is 5. The second kappa shape index (κ2) is 10.8. The Balaban J connectivity index is 1.40. The van der Waals surface area contributed by atoms with E-state index in [1.165, 1.54) is 63.9 Å². The molecule has 1 nitrogen and oxygen atoms in total. The van der Waals surface area contributed by atoms with E-state index in [2.05, 4.69) is 11.7 Å². The van der Waals surface area contributed by atoms with Gasteiger partial charge in [-0.1, -0.05) is 57.9 Å². The van der Waals surface area contributed by atoms with Crippen LogP contribution in [0.2, 0.25) is 0 Å². The van der Waals surface area contributed by atoms with Crippen molar-refractivity contribution < 1.29 is 26.7 Å². The molecule has 0 aliphatic heterocycles. The van der Waals surface area contributed by atoms with E-state index < -0.39 is 23.7 Å². The van der Waals surface area contributed by atoms with E-state index in [4.69, 9.17) is 0 Å². The summed E-state index contributed by atoms with van der Waals surface area (Å²) < 4.78 is 70.3. The molecule has 6 heteroatoms. The molecule has 0 spiro atoms. The van der Waals surface area contributed by atoms with E-state index in [1.54, 1.807) is 6.07 Å². The van der Waals surface area contributed by atoms with Crippen LogP contribution in [0.4, 0.5) is 22.0 Å². The summed E-state index contributed by atoms with van der Waals surface area (Å²) in [5.74, 6) is -0.335. The third kappa shape index (κ3) is 6.23. The van der Waals surface area contributed by atoms with Gasteiger partial charge in [-0.25, -0.2) is 8.78 Å². The molecular formula is C28H35F5O. The number of benzene rings is 2. The minimum absolute atomic E-state index is 0.0578. The normalized spacial score (nSPS) is 25.4. The van der Waals surface area contributed by atoms with Crippen LogP contribution in [0.3, 0.4) is 0 Å². The first-order chi connectivity index (χ1) is 16.2. The number of rotatable bonds is 8. The van der Waals surface area contributed by atoms with Gasteiger partial charge in [0.1, 0.15) is 5.82 Å². The highest BCUT2D eigenvalue weighted by molar-refractivity contribution is 5.85. The zero-order valence-electron chi connectivity index (χ0n) is 19.9. The lowest BCUT2D eigenvalue weighted by Gasteiger charge is -2.42. The summed E-state index contributed by atoms with van der Waals surface area (Å²) in [6, 6.07) is 4.91. The second-order valence-corrected chi connectivity index (χ2v) is 10.5. The van der Waals surface area contributed by atoms with E-state index in [0.717, 1.165) is 48.8 Å². The summed E-state index contributed by atoms with van der Waals surface area (Å²) in [4.78, 5) is 0. The first-order valence-electron chi connectivity index (χ1n) is 12.9. The van der Waals surface area contributed by atoms with Gasteiger partial charge in [0.25, 0.3) is 0 Å². The number of hydrogen-bond donors (Lipinski definition) is 0. The van der Waals surface area contributed by atoms with Crippen molar-refractivity contribution in [1.29, 1.82) is 0 Å². The second-order valence-electron chi connectivity index (χ2n) is 10.5. The number of alkyl halides is 3. The van der Waals surface area contributed by atoms with Crippen molar-refractivity contribution in [3.63, 3.8) is 0 Å². The molecule has 4 rings (SSSR count). The first kappa shape index (κ1) is 25.2. The maximum Gasteiger partial charge on any atom is 0.573 e. The van der Waals surface area contributed by atoms with Crippen molar-refractivity contribution >= 4 is 10.8 Å². The number of unbranched alkanes of at least 4 members (excludes halogenated alkanes) is 4. The van der Waals surface area contributed by atoms with Crippen LogP contribution in [-0.4, -0.2) is 6.36 Å². The standard InChI is InChI=1S/C28H35F5O/c1-2-3-4-5-6-7-18-8-9-20-13-21(11-10-19(20)12-18)22-14-23-16-26(30)27(34-28(31,32)33)17-24(23)25(29)15-22/h14-21H,2-13H2,1H3/t18-,19?,20-,21?/m1/s1. The number of ether oxygens (including phenoxy) is 1. The highest BCUT2D eigenvalue weighted by Crippen LogP contribution is 2.49. The van der Waals surface area contributed by atoms with Crippen molar-refractivity contribution in [3.8, 4) is 5.75 Å². The zero-order chi connectivity index (χ0) is 24.3. The molecule has 2 aliphatic rings. The third-order valence-corrected chi connectivity index (χ3v) is 8.11. The predicted octanol–water partition coefficient (Wildman–Crippen LogP) is 9.68. The quantitative estimate of drug-likeness (QED) is 0.269. The molecule has 0 heterocycles. The van der Waals surface area contributed by atoms with Crippen molar-refractivity contribution in [2.75, 3.05) is 0 Å². The Labute approximate surface area is 199 Å². The van der Waals surface area contributed by atoms with E-state index in [-0.39, 0.29) is 16.7 Å². The summed E-state index contributed by atoms with van der Waals surface area (Å²) in [6.07, 6.45) is 9.90. The first-order valence-corrected chi connectivity index (χ1v) is 12.9. The van der Waals surface area contributed by atoms with Crippen molar-refractivity contribution in [3.05, 3.63) is 41.5 Å². The van der Waals surface area contributed by atoms with Gasteiger partial charge in [-0.05, 0) is 84.9 Å². The van der Waals surface area contributed by atoms with Gasteiger partial charge in [0, 0.05) is 5.39 Å². The SMILES string of the molecule is CCCCCCC[C@@H]1CC[C@@H]2CC(c3cc(F)c4cc(OC(F)(F)F)c(F)cc4c3)CCC2C1. The van der Waals surface area contributed by atoms with Gasteiger partial charge in [-0.2, -0.15) is 0 Å². The lowest BCUT2D eigenvalue weighted by Crippen LogP contribution is -2.30. The fourth-order valence-electron chi connectivity index (χ4n) is 6.37. The fourth-order valence-corrected chi connectivity index (χ4v) is 6.37. The Kier molecular flexibility index (Phi) is 8.04. The summed E-state index contributed by atoms with van der Waals surface area (Å²) >= 11 is 0. The minimum atomic E-state index is -5.03. The Hall–Kier alpha value is -1.85. The largest absolute Gasteiger partial charge is 0.573 e. The van der Waals surface area contributed by atoms with E-state index >= 15 is 0 Å². The van der Waals surface area contributed by atoms with E-state index in [0.29, 0.717) is 5.92 Å². The highest BCUT2D eigenvalue weighted by Gasteiger charge is 2.36. The van der Waals surface area contributed by atoms with Gasteiger partial charge in [-0.15, -0.1) is 13.2 Å². The molecule has 0 N–H and O–H groups in total. The highest BCUT2D eigenvalue weighted by atomic mass is 19.4. The Morgan fingerprint density at radius 2 is 1.56 bits per heavy atom. The Bertz CT molecular complexity index is 969. The molecule has 188 valence electrons. The summed E-state index contributed by atoms with van der Waals surface area (Å²) in [5, 5.41) is 0.216. The molecule has 0 amide bonds. The van der Waals surface area contributed by atoms with Crippen LogP contribution in [-0.2, 0) is 0 Å². The molecule has 2 aromatic carbocycles. The molecule has 4 atom stereocenters. The molecule has 2 fully saturated rings. The number of fused-ring (bicyclic) bond motifs is 2. The van der Waals surface area contributed by atoms with Crippen molar-refractivity contribution in [1.82, 2.24) is 0 Å². The fraction of sp³-hybridized carbons (Fsp3) is 0.643.